The van der Waals surface area contributed by atoms with Crippen LogP contribution in [0.2, 0.25) is 5.02 Å². The van der Waals surface area contributed by atoms with E-state index in [4.69, 9.17) is 11.6 Å². The Morgan fingerprint density at radius 3 is 2.36 bits per heavy atom. The summed E-state index contributed by atoms with van der Waals surface area (Å²) >= 11 is 5.77. The summed E-state index contributed by atoms with van der Waals surface area (Å²) in [5.74, 6) is -2.11. The zero-order valence-corrected chi connectivity index (χ0v) is 19.9. The van der Waals surface area contributed by atoms with Gasteiger partial charge in [0.2, 0.25) is 10.0 Å². The van der Waals surface area contributed by atoms with Crippen molar-refractivity contribution < 1.29 is 22.0 Å². The van der Waals surface area contributed by atoms with Crippen molar-refractivity contribution in [1.82, 2.24) is 9.62 Å². The van der Waals surface area contributed by atoms with E-state index in [1.165, 1.54) is 18.2 Å². The van der Waals surface area contributed by atoms with Crippen molar-refractivity contribution in [3.05, 3.63) is 63.7 Å². The zero-order valence-electron chi connectivity index (χ0n) is 18.3. The van der Waals surface area contributed by atoms with Crippen LogP contribution in [0.25, 0.3) is 0 Å². The molecular weight excluding hydrogens is 472 g/mol. The predicted molar refractivity (Wildman–Crippen MR) is 124 cm³/mol. The second-order valence-electron chi connectivity index (χ2n) is 8.49. The highest BCUT2D eigenvalue weighted by atomic mass is 35.5. The Kier molecular flexibility index (Phi) is 6.93. The third-order valence-corrected chi connectivity index (χ3v) is 8.27. The van der Waals surface area contributed by atoms with Gasteiger partial charge in [0.05, 0.1) is 15.8 Å². The predicted octanol–water partition coefficient (Wildman–Crippen LogP) is 3.72. The van der Waals surface area contributed by atoms with Crippen molar-refractivity contribution in [1.29, 1.82) is 0 Å². The van der Waals surface area contributed by atoms with Crippen molar-refractivity contribution in [2.45, 2.75) is 38.0 Å². The molecule has 1 aliphatic carbocycles. The normalized spacial score (nSPS) is 17.3. The van der Waals surface area contributed by atoms with Crippen LogP contribution in [0.4, 0.5) is 14.5 Å². The largest absolute Gasteiger partial charge is 0.369 e. The quantitative estimate of drug-likeness (QED) is 0.631. The Hall–Kier alpha value is -2.23. The summed E-state index contributed by atoms with van der Waals surface area (Å²) in [6.45, 7) is 5.19. The maximum atomic E-state index is 14.8. The molecule has 2 aromatic carbocycles. The van der Waals surface area contributed by atoms with Gasteiger partial charge in [-0.15, -0.1) is 0 Å². The molecule has 2 aromatic rings. The minimum atomic E-state index is -3.75. The second kappa shape index (κ2) is 9.56. The number of piperazine rings is 1. The van der Waals surface area contributed by atoms with Gasteiger partial charge in [-0.05, 0) is 60.7 Å². The molecule has 0 spiro atoms. The molecule has 1 N–H and O–H groups in total. The lowest BCUT2D eigenvalue weighted by molar-refractivity contribution is 0.0977. The molecule has 1 aliphatic heterocycles. The van der Waals surface area contributed by atoms with Crippen LogP contribution in [0.15, 0.2) is 30.3 Å². The number of nitrogens with zero attached hydrogens (tertiary/aromatic N) is 2. The van der Waals surface area contributed by atoms with E-state index >= 15 is 0 Å². The van der Waals surface area contributed by atoms with Gasteiger partial charge in [-0.1, -0.05) is 18.5 Å². The topological polar surface area (TPSA) is 69.7 Å². The number of aryl methyl sites for hydroxylation is 1. The molecule has 6 nitrogen and oxygen atoms in total. The Labute approximate surface area is 197 Å². The molecule has 0 aromatic heterocycles. The number of benzene rings is 2. The molecule has 1 saturated heterocycles. The van der Waals surface area contributed by atoms with Gasteiger partial charge in [0.1, 0.15) is 11.6 Å². The van der Waals surface area contributed by atoms with E-state index in [1.54, 1.807) is 12.1 Å². The lowest BCUT2D eigenvalue weighted by Crippen LogP contribution is -2.46. The van der Waals surface area contributed by atoms with E-state index in [2.05, 4.69) is 9.80 Å². The van der Waals surface area contributed by atoms with Crippen LogP contribution in [0.1, 0.15) is 41.3 Å². The van der Waals surface area contributed by atoms with Crippen molar-refractivity contribution in [2.75, 3.05) is 31.1 Å². The van der Waals surface area contributed by atoms with Gasteiger partial charge in [0.25, 0.3) is 5.91 Å². The van der Waals surface area contributed by atoms with Crippen LogP contribution in [0.5, 0.6) is 0 Å². The number of rotatable bonds is 7. The molecule has 2 aliphatic rings. The molecule has 1 amide bonds. The molecule has 1 heterocycles. The first kappa shape index (κ1) is 23.9. The maximum absolute atomic E-state index is 14.8. The van der Waals surface area contributed by atoms with Gasteiger partial charge in [0, 0.05) is 38.4 Å². The highest BCUT2D eigenvalue weighted by Crippen LogP contribution is 2.28. The molecule has 10 heteroatoms. The van der Waals surface area contributed by atoms with Crippen molar-refractivity contribution in [3.8, 4) is 0 Å². The van der Waals surface area contributed by atoms with Crippen molar-refractivity contribution >= 4 is 33.2 Å². The molecule has 0 bridgehead atoms. The summed E-state index contributed by atoms with van der Waals surface area (Å²) in [5.41, 5.74) is 2.08. The molecule has 1 saturated carbocycles. The van der Waals surface area contributed by atoms with Crippen LogP contribution in [-0.4, -0.2) is 50.7 Å². The van der Waals surface area contributed by atoms with E-state index in [9.17, 15) is 22.0 Å². The summed E-state index contributed by atoms with van der Waals surface area (Å²) in [6.07, 6.45) is 1.62. The molecule has 178 valence electrons. The van der Waals surface area contributed by atoms with Gasteiger partial charge in [-0.3, -0.25) is 9.69 Å². The van der Waals surface area contributed by atoms with Crippen molar-refractivity contribution in [2.24, 2.45) is 0 Å². The number of anilines is 1. The number of hydrogen-bond donors (Lipinski definition) is 1. The van der Waals surface area contributed by atoms with Gasteiger partial charge in [-0.2, -0.15) is 0 Å². The molecule has 33 heavy (non-hydrogen) atoms. The molecule has 0 radical (unpaired) electrons. The van der Waals surface area contributed by atoms with Gasteiger partial charge >= 0.3 is 0 Å². The van der Waals surface area contributed by atoms with E-state index in [-0.39, 0.29) is 10.6 Å². The minimum absolute atomic E-state index is 0.0915. The first-order valence-electron chi connectivity index (χ1n) is 11.0. The average molecular weight is 498 g/mol. The van der Waals surface area contributed by atoms with Crippen molar-refractivity contribution in [3.63, 3.8) is 0 Å². The fourth-order valence-electron chi connectivity index (χ4n) is 4.04. The second-order valence-corrected chi connectivity index (χ2v) is 10.9. The van der Waals surface area contributed by atoms with Crippen LogP contribution in [-0.2, 0) is 23.0 Å². The molecule has 0 atom stereocenters. The van der Waals surface area contributed by atoms with Crippen LogP contribution in [0.3, 0.4) is 0 Å². The van der Waals surface area contributed by atoms with Crippen LogP contribution < -0.4 is 9.62 Å². The number of carbonyl (C=O) groups excluding carboxylic acids is 1. The SMILES string of the molecule is CCc1cc(C(=O)NS(=O)(=O)C2CC2)c(F)cc1CN1CCN(c2ccc(Cl)c(F)c2)CC1. The van der Waals surface area contributed by atoms with E-state index in [0.717, 1.165) is 16.8 Å². The highest BCUT2D eigenvalue weighted by molar-refractivity contribution is 7.91. The Bertz CT molecular complexity index is 1160. The van der Waals surface area contributed by atoms with Gasteiger partial charge in [-0.25, -0.2) is 21.9 Å². The molecule has 0 unspecified atom stereocenters. The van der Waals surface area contributed by atoms with E-state index in [0.29, 0.717) is 52.0 Å². The maximum Gasteiger partial charge on any atom is 0.267 e. The number of hydrogen-bond acceptors (Lipinski definition) is 5. The van der Waals surface area contributed by atoms with Gasteiger partial charge in [0.15, 0.2) is 0 Å². The first-order chi connectivity index (χ1) is 15.7. The van der Waals surface area contributed by atoms with Crippen LogP contribution >= 0.6 is 11.6 Å². The number of amides is 1. The fourth-order valence-corrected chi connectivity index (χ4v) is 5.45. The monoisotopic (exact) mass is 497 g/mol. The fraction of sp³-hybridized carbons (Fsp3) is 0.435. The molecular formula is C23H26ClF2N3O3S. The number of sulfonamides is 1. The van der Waals surface area contributed by atoms with E-state index < -0.39 is 32.8 Å². The smallest absolute Gasteiger partial charge is 0.267 e. The third kappa shape index (κ3) is 5.47. The zero-order chi connectivity index (χ0) is 23.8. The Morgan fingerprint density at radius 1 is 1.06 bits per heavy atom. The average Bonchev–Trinajstić information content (AvgIpc) is 3.62. The number of halogens is 3. The lowest BCUT2D eigenvalue weighted by atomic mass is 10.00. The standard InChI is InChI=1S/C23H26ClF2N3O3S/c1-2-15-11-19(23(30)27-33(31,32)18-4-5-18)21(25)12-16(15)14-28-7-9-29(10-8-28)17-3-6-20(24)22(26)13-17/h3,6,11-13,18H,2,4-5,7-10,14H2,1H3,(H,27,30). The summed E-state index contributed by atoms with van der Waals surface area (Å²) < 4.78 is 54.6. The van der Waals surface area contributed by atoms with E-state index in [1.807, 2.05) is 11.6 Å². The highest BCUT2D eigenvalue weighted by Gasteiger charge is 2.37. The molecule has 2 fully saturated rings. The first-order valence-corrected chi connectivity index (χ1v) is 12.9. The molecule has 4 rings (SSSR count). The Morgan fingerprint density at radius 2 is 1.76 bits per heavy atom. The number of carbonyl (C=O) groups is 1. The minimum Gasteiger partial charge on any atom is -0.369 e. The number of nitrogens with one attached hydrogen (secondary N) is 1. The Balaban J connectivity index is 1.42. The van der Waals surface area contributed by atoms with Gasteiger partial charge < -0.3 is 4.90 Å². The summed E-state index contributed by atoms with van der Waals surface area (Å²) in [4.78, 5) is 16.7. The van der Waals surface area contributed by atoms with Crippen LogP contribution in [0, 0.1) is 11.6 Å². The summed E-state index contributed by atoms with van der Waals surface area (Å²) in [5, 5.41) is -0.466. The lowest BCUT2D eigenvalue weighted by Gasteiger charge is -2.36. The summed E-state index contributed by atoms with van der Waals surface area (Å²) in [7, 11) is -3.75. The summed E-state index contributed by atoms with van der Waals surface area (Å²) in [6, 6.07) is 7.55. The third-order valence-electron chi connectivity index (χ3n) is 6.15.